The maximum Gasteiger partial charge on any atom is 0.259 e. The van der Waals surface area contributed by atoms with E-state index in [1.165, 1.54) is 22.2 Å². The van der Waals surface area contributed by atoms with E-state index >= 15 is 0 Å². The predicted molar refractivity (Wildman–Crippen MR) is 90.3 cm³/mol. The Balaban J connectivity index is 1.99. The summed E-state index contributed by atoms with van der Waals surface area (Å²) in [5.41, 5.74) is 6.86. The fraction of sp³-hybridized carbons (Fsp3) is 0.500. The van der Waals surface area contributed by atoms with Crippen LogP contribution >= 0.6 is 23.1 Å². The van der Waals surface area contributed by atoms with Gasteiger partial charge in [0.25, 0.3) is 5.56 Å². The second-order valence-corrected chi connectivity index (χ2v) is 7.47. The van der Waals surface area contributed by atoms with Gasteiger partial charge in [-0.05, 0) is 30.7 Å². The summed E-state index contributed by atoms with van der Waals surface area (Å²) in [6.45, 7) is 2.26. The first-order valence-corrected chi connectivity index (χ1v) is 8.77. The van der Waals surface area contributed by atoms with Crippen molar-refractivity contribution >= 4 is 38.5 Å². The lowest BCUT2D eigenvalue weighted by atomic mass is 9.89. The normalized spacial score (nSPS) is 19.0. The van der Waals surface area contributed by atoms with Gasteiger partial charge in [-0.3, -0.25) is 9.79 Å². The molecular weight excluding hydrogens is 304 g/mol. The maximum absolute atomic E-state index is 12.4. The molecule has 21 heavy (non-hydrogen) atoms. The number of aryl methyl sites for hydroxylation is 1. The lowest BCUT2D eigenvalue weighted by Crippen LogP contribution is -2.15. The van der Waals surface area contributed by atoms with Crippen molar-refractivity contribution in [1.82, 2.24) is 9.97 Å². The fourth-order valence-electron chi connectivity index (χ4n) is 2.67. The Labute approximate surface area is 131 Å². The van der Waals surface area contributed by atoms with E-state index in [1.54, 1.807) is 18.4 Å². The predicted octanol–water partition coefficient (Wildman–Crippen LogP) is 2.29. The van der Waals surface area contributed by atoms with Crippen LogP contribution in [0.25, 0.3) is 10.2 Å². The maximum atomic E-state index is 12.4. The van der Waals surface area contributed by atoms with Crippen LogP contribution in [0.1, 0.15) is 29.6 Å². The summed E-state index contributed by atoms with van der Waals surface area (Å²) in [7, 11) is 1.65. The molecule has 1 atom stereocenters. The molecule has 2 aromatic rings. The van der Waals surface area contributed by atoms with Gasteiger partial charge in [0, 0.05) is 11.9 Å². The third-order valence-electron chi connectivity index (χ3n) is 3.79. The molecule has 0 aromatic carbocycles. The molecule has 112 valence electrons. The Hall–Kier alpha value is -1.34. The number of hydrogen-bond donors (Lipinski definition) is 2. The molecule has 0 spiro atoms. The van der Waals surface area contributed by atoms with Crippen LogP contribution in [-0.4, -0.2) is 22.2 Å². The number of nitrogens with two attached hydrogens (primary N) is 1. The minimum absolute atomic E-state index is 0.0188. The largest absolute Gasteiger partial charge is 0.379 e. The number of thiophene rings is 1. The number of amidine groups is 1. The summed E-state index contributed by atoms with van der Waals surface area (Å²) in [6, 6.07) is 0. The Kier molecular flexibility index (Phi) is 4.03. The van der Waals surface area contributed by atoms with E-state index < -0.39 is 0 Å². The van der Waals surface area contributed by atoms with Gasteiger partial charge in [-0.2, -0.15) is 0 Å². The molecule has 0 saturated heterocycles. The topological polar surface area (TPSA) is 84.1 Å². The molecule has 0 bridgehead atoms. The monoisotopic (exact) mass is 322 g/mol. The Morgan fingerprint density at radius 2 is 2.43 bits per heavy atom. The first kappa shape index (κ1) is 14.6. The van der Waals surface area contributed by atoms with E-state index in [-0.39, 0.29) is 5.56 Å². The first-order chi connectivity index (χ1) is 10.1. The van der Waals surface area contributed by atoms with Gasteiger partial charge in [0.2, 0.25) is 0 Å². The lowest BCUT2D eigenvalue weighted by Gasteiger charge is -2.17. The van der Waals surface area contributed by atoms with Gasteiger partial charge < -0.3 is 10.7 Å². The number of nitrogens with one attached hydrogen (secondary N) is 1. The number of aliphatic imine (C=N–C) groups is 1. The zero-order valence-electron chi connectivity index (χ0n) is 12.1. The molecule has 7 heteroatoms. The number of fused-ring (bicyclic) bond motifs is 3. The van der Waals surface area contributed by atoms with Crippen LogP contribution in [-0.2, 0) is 18.6 Å². The highest BCUT2D eigenvalue weighted by Crippen LogP contribution is 2.35. The molecule has 1 aliphatic rings. The quantitative estimate of drug-likeness (QED) is 0.656. The van der Waals surface area contributed by atoms with Gasteiger partial charge >= 0.3 is 0 Å². The number of rotatable bonds is 2. The minimum atomic E-state index is -0.0188. The number of aromatic amines is 1. The van der Waals surface area contributed by atoms with Crippen molar-refractivity contribution in [3.05, 3.63) is 26.6 Å². The highest BCUT2D eigenvalue weighted by molar-refractivity contribution is 8.13. The van der Waals surface area contributed by atoms with Crippen molar-refractivity contribution in [3.8, 4) is 0 Å². The third-order valence-corrected chi connectivity index (χ3v) is 5.84. The van der Waals surface area contributed by atoms with Crippen LogP contribution in [0.4, 0.5) is 0 Å². The van der Waals surface area contributed by atoms with Gasteiger partial charge in [-0.15, -0.1) is 11.3 Å². The van der Waals surface area contributed by atoms with Crippen LogP contribution in [0, 0.1) is 5.92 Å². The van der Waals surface area contributed by atoms with Crippen LogP contribution in [0.2, 0.25) is 0 Å². The molecule has 0 unspecified atom stereocenters. The zero-order valence-corrected chi connectivity index (χ0v) is 13.7. The Bertz CT molecular complexity index is 762. The molecule has 2 heterocycles. The Morgan fingerprint density at radius 3 is 3.19 bits per heavy atom. The van der Waals surface area contributed by atoms with E-state index in [1.807, 2.05) is 0 Å². The number of aromatic nitrogens is 2. The van der Waals surface area contributed by atoms with Gasteiger partial charge in [0.05, 0.1) is 11.1 Å². The van der Waals surface area contributed by atoms with Crippen LogP contribution in [0.3, 0.4) is 0 Å². The van der Waals surface area contributed by atoms with Gasteiger partial charge in [-0.25, -0.2) is 4.98 Å². The minimum Gasteiger partial charge on any atom is -0.379 e. The zero-order chi connectivity index (χ0) is 15.0. The molecular formula is C14H18N4OS2. The van der Waals surface area contributed by atoms with E-state index in [9.17, 15) is 4.79 Å². The summed E-state index contributed by atoms with van der Waals surface area (Å²) in [5.74, 6) is 1.89. The van der Waals surface area contributed by atoms with Crippen molar-refractivity contribution in [2.24, 2.45) is 16.6 Å². The van der Waals surface area contributed by atoms with Crippen LogP contribution in [0.15, 0.2) is 9.79 Å². The van der Waals surface area contributed by atoms with Crippen molar-refractivity contribution in [3.63, 3.8) is 0 Å². The standard InChI is InChI=1S/C14H18N4OS2/c1-7-3-4-8-9(5-7)21-13-11(8)12(19)17-10(18-13)6-20-14(15)16-2/h7H,3-6H2,1-2H3,(H2,15,16)(H,17,18,19)/t7-/m0/s1. The van der Waals surface area contributed by atoms with Crippen molar-refractivity contribution in [2.75, 3.05) is 7.05 Å². The molecule has 0 radical (unpaired) electrons. The lowest BCUT2D eigenvalue weighted by molar-refractivity contribution is 0.509. The average molecular weight is 322 g/mol. The van der Waals surface area contributed by atoms with E-state index in [4.69, 9.17) is 5.73 Å². The van der Waals surface area contributed by atoms with Crippen molar-refractivity contribution in [1.29, 1.82) is 0 Å². The van der Waals surface area contributed by atoms with Gasteiger partial charge in [-0.1, -0.05) is 18.7 Å². The number of nitrogens with zero attached hydrogens (tertiary/aromatic N) is 2. The van der Waals surface area contributed by atoms with Crippen molar-refractivity contribution in [2.45, 2.75) is 31.9 Å². The van der Waals surface area contributed by atoms with Gasteiger partial charge in [0.15, 0.2) is 5.17 Å². The molecule has 1 aliphatic carbocycles. The molecule has 3 rings (SSSR count). The summed E-state index contributed by atoms with van der Waals surface area (Å²) in [5, 5.41) is 1.30. The number of thioether (sulfide) groups is 1. The summed E-state index contributed by atoms with van der Waals surface area (Å²) in [4.78, 5) is 25.9. The molecule has 0 amide bonds. The highest BCUT2D eigenvalue weighted by atomic mass is 32.2. The molecule has 3 N–H and O–H groups in total. The van der Waals surface area contributed by atoms with Crippen LogP contribution in [0.5, 0.6) is 0 Å². The summed E-state index contributed by atoms with van der Waals surface area (Å²) in [6.07, 6.45) is 3.21. The SMILES string of the molecule is CN=C(N)SCc1nc2sc3c(c2c(=O)[nH]1)CC[C@H](C)C3. The van der Waals surface area contributed by atoms with Crippen molar-refractivity contribution < 1.29 is 0 Å². The van der Waals surface area contributed by atoms with Gasteiger partial charge in [0.1, 0.15) is 10.7 Å². The molecule has 2 aromatic heterocycles. The average Bonchev–Trinajstić information content (AvgIpc) is 2.82. The summed E-state index contributed by atoms with van der Waals surface area (Å²) < 4.78 is 0. The second kappa shape index (κ2) is 5.81. The van der Waals surface area contributed by atoms with E-state index in [2.05, 4.69) is 21.9 Å². The molecule has 0 saturated carbocycles. The first-order valence-electron chi connectivity index (χ1n) is 6.97. The van der Waals surface area contributed by atoms with E-state index in [0.717, 1.165) is 29.5 Å². The third kappa shape index (κ3) is 2.85. The number of H-pyrrole nitrogens is 1. The smallest absolute Gasteiger partial charge is 0.259 e. The highest BCUT2D eigenvalue weighted by Gasteiger charge is 2.22. The molecule has 0 aliphatic heterocycles. The summed E-state index contributed by atoms with van der Waals surface area (Å²) >= 11 is 3.05. The number of hydrogen-bond acceptors (Lipinski definition) is 5. The molecule has 5 nitrogen and oxygen atoms in total. The molecule has 0 fully saturated rings. The fourth-order valence-corrected chi connectivity index (χ4v) is 4.62. The Morgan fingerprint density at radius 1 is 1.62 bits per heavy atom. The second-order valence-electron chi connectivity index (χ2n) is 5.40. The van der Waals surface area contributed by atoms with Crippen LogP contribution < -0.4 is 11.3 Å². The van der Waals surface area contributed by atoms with E-state index in [0.29, 0.717) is 22.7 Å².